The van der Waals surface area contributed by atoms with Crippen molar-refractivity contribution >= 4 is 28.3 Å². The van der Waals surface area contributed by atoms with Gasteiger partial charge in [-0.05, 0) is 17.2 Å². The highest BCUT2D eigenvalue weighted by molar-refractivity contribution is 6.31. The molecule has 0 radical (unpaired) electrons. The van der Waals surface area contributed by atoms with E-state index in [9.17, 15) is 4.79 Å². The molecule has 2 aliphatic carbocycles. The molecule has 3 heteroatoms. The van der Waals surface area contributed by atoms with Crippen LogP contribution in [0.5, 0.6) is 0 Å². The van der Waals surface area contributed by atoms with E-state index in [1.807, 2.05) is 25.1 Å². The fourth-order valence-electron chi connectivity index (χ4n) is 4.65. The molecule has 124 valence electrons. The van der Waals surface area contributed by atoms with Gasteiger partial charge < -0.3 is 4.57 Å². The van der Waals surface area contributed by atoms with Gasteiger partial charge in [-0.25, -0.2) is 0 Å². The number of carbonyl (C=O) groups is 1. The number of aromatic nitrogens is 1. The highest BCUT2D eigenvalue weighted by Gasteiger charge is 2.53. The molecule has 2 nitrogen and oxygen atoms in total. The van der Waals surface area contributed by atoms with Crippen molar-refractivity contribution in [1.82, 2.24) is 4.57 Å². The molecule has 0 saturated carbocycles. The number of rotatable bonds is 1. The van der Waals surface area contributed by atoms with Crippen LogP contribution in [0.4, 0.5) is 0 Å². The Hall–Kier alpha value is -1.80. The van der Waals surface area contributed by atoms with Crippen molar-refractivity contribution in [2.24, 2.45) is 18.4 Å². The Morgan fingerprint density at radius 3 is 2.67 bits per heavy atom. The van der Waals surface area contributed by atoms with Crippen LogP contribution in [0.3, 0.4) is 0 Å². The lowest BCUT2D eigenvalue weighted by molar-refractivity contribution is -0.126. The summed E-state index contributed by atoms with van der Waals surface area (Å²) in [5.74, 6) is -0.261. The number of aryl methyl sites for hydroxylation is 1. The van der Waals surface area contributed by atoms with Gasteiger partial charge in [0.25, 0.3) is 0 Å². The van der Waals surface area contributed by atoms with Gasteiger partial charge in [-0.2, -0.15) is 0 Å². The number of halogens is 1. The van der Waals surface area contributed by atoms with Crippen LogP contribution in [0.25, 0.3) is 10.9 Å². The molecular weight excluding hydrogens is 318 g/mol. The molecule has 0 fully saturated rings. The van der Waals surface area contributed by atoms with Crippen molar-refractivity contribution in [1.29, 1.82) is 0 Å². The van der Waals surface area contributed by atoms with Gasteiger partial charge in [0.05, 0.1) is 5.92 Å². The Balaban J connectivity index is 2.21. The fourth-order valence-corrected chi connectivity index (χ4v) is 4.96. The second-order valence-electron chi connectivity index (χ2n) is 7.93. The standard InChI is InChI=1S/C21H22ClNO/c1-6-21(4)16(22)10-13-19(24)18(21)12-8-7-9-15-17(12)14(11-23(15)5)20(13,2)3/h6-11,13,18H,1H2,2-5H3/t13-,18-,21+/m0/s1. The molecule has 3 atom stereocenters. The van der Waals surface area contributed by atoms with E-state index in [0.29, 0.717) is 0 Å². The van der Waals surface area contributed by atoms with E-state index in [-0.39, 0.29) is 23.0 Å². The Kier molecular flexibility index (Phi) is 3.03. The maximum atomic E-state index is 13.5. The summed E-state index contributed by atoms with van der Waals surface area (Å²) < 4.78 is 2.16. The Morgan fingerprint density at radius 2 is 2.00 bits per heavy atom. The molecule has 2 aromatic rings. The third kappa shape index (κ3) is 1.65. The Bertz CT molecular complexity index is 933. The number of Topliss-reactive ketones (excluding diaryl/α,β-unsaturated/α-hetero) is 1. The van der Waals surface area contributed by atoms with Crippen LogP contribution >= 0.6 is 11.6 Å². The van der Waals surface area contributed by atoms with Gasteiger partial charge in [-0.3, -0.25) is 4.79 Å². The van der Waals surface area contributed by atoms with Crippen LogP contribution in [-0.4, -0.2) is 10.4 Å². The van der Waals surface area contributed by atoms with Crippen LogP contribution in [0.15, 0.2) is 48.2 Å². The first-order chi connectivity index (χ1) is 11.2. The maximum absolute atomic E-state index is 13.5. The minimum Gasteiger partial charge on any atom is -0.350 e. The van der Waals surface area contributed by atoms with E-state index in [4.69, 9.17) is 11.6 Å². The zero-order valence-corrected chi connectivity index (χ0v) is 15.3. The lowest BCUT2D eigenvalue weighted by Gasteiger charge is -2.42. The number of fused-ring (bicyclic) bond motifs is 3. The Morgan fingerprint density at radius 1 is 1.29 bits per heavy atom. The molecule has 1 aromatic heterocycles. The molecule has 0 aliphatic heterocycles. The topological polar surface area (TPSA) is 22.0 Å². The summed E-state index contributed by atoms with van der Waals surface area (Å²) in [5, 5.41) is 1.94. The molecule has 0 spiro atoms. The number of nitrogens with zero attached hydrogens (tertiary/aromatic N) is 1. The first-order valence-corrected chi connectivity index (χ1v) is 8.75. The van der Waals surface area contributed by atoms with Gasteiger partial charge in [-0.15, -0.1) is 6.58 Å². The highest BCUT2D eigenvalue weighted by Crippen LogP contribution is 2.57. The molecule has 4 rings (SSSR count). The van der Waals surface area contributed by atoms with Gasteiger partial charge in [0.15, 0.2) is 0 Å². The SMILES string of the molecule is C=C[C@]1(C)C(Cl)=C[C@H]2C(=O)[C@@H]1c1cccc3c1c(cn3C)C2(C)C. The van der Waals surface area contributed by atoms with Gasteiger partial charge in [0, 0.05) is 45.9 Å². The molecule has 1 heterocycles. The lowest BCUT2D eigenvalue weighted by atomic mass is 9.61. The summed E-state index contributed by atoms with van der Waals surface area (Å²) in [5.41, 5.74) is 2.61. The van der Waals surface area contributed by atoms with Crippen LogP contribution < -0.4 is 0 Å². The van der Waals surface area contributed by atoms with Gasteiger partial charge >= 0.3 is 0 Å². The van der Waals surface area contributed by atoms with Gasteiger partial charge in [-0.1, -0.05) is 56.7 Å². The average molecular weight is 340 g/mol. The molecule has 1 aromatic carbocycles. The fraction of sp³-hybridized carbons (Fsp3) is 0.381. The third-order valence-electron chi connectivity index (χ3n) is 6.27. The molecule has 0 amide bonds. The van der Waals surface area contributed by atoms with Crippen molar-refractivity contribution in [2.45, 2.75) is 32.1 Å². The predicted octanol–water partition coefficient (Wildman–Crippen LogP) is 5.07. The lowest BCUT2D eigenvalue weighted by Crippen LogP contribution is -2.43. The maximum Gasteiger partial charge on any atom is 0.149 e. The number of hydrogen-bond acceptors (Lipinski definition) is 1. The van der Waals surface area contributed by atoms with Gasteiger partial charge in [0.1, 0.15) is 5.78 Å². The van der Waals surface area contributed by atoms with E-state index in [0.717, 1.165) is 10.6 Å². The summed E-state index contributed by atoms with van der Waals surface area (Å²) >= 11 is 6.70. The predicted molar refractivity (Wildman–Crippen MR) is 99.4 cm³/mol. The molecule has 0 N–H and O–H groups in total. The van der Waals surface area contributed by atoms with E-state index >= 15 is 0 Å². The minimum atomic E-state index is -0.559. The minimum absolute atomic E-state index is 0.221. The zero-order valence-electron chi connectivity index (χ0n) is 14.6. The zero-order chi connectivity index (χ0) is 17.4. The number of benzene rings is 1. The molecular formula is C21H22ClNO. The monoisotopic (exact) mass is 339 g/mol. The number of ketones is 1. The summed E-state index contributed by atoms with van der Waals surface area (Å²) in [6, 6.07) is 6.25. The van der Waals surface area contributed by atoms with Crippen LogP contribution in [-0.2, 0) is 17.3 Å². The van der Waals surface area contributed by atoms with Crippen molar-refractivity contribution in [3.8, 4) is 0 Å². The smallest absolute Gasteiger partial charge is 0.149 e. The Labute approximate surface area is 147 Å². The quantitative estimate of drug-likeness (QED) is 0.665. The second kappa shape index (κ2) is 4.64. The molecule has 24 heavy (non-hydrogen) atoms. The van der Waals surface area contributed by atoms with Crippen molar-refractivity contribution < 1.29 is 4.79 Å². The molecule has 0 unspecified atom stereocenters. The van der Waals surface area contributed by atoms with E-state index in [2.05, 4.69) is 50.4 Å². The average Bonchev–Trinajstić information content (AvgIpc) is 2.87. The van der Waals surface area contributed by atoms with Crippen LogP contribution in [0.1, 0.15) is 37.8 Å². The first kappa shape index (κ1) is 15.7. The van der Waals surface area contributed by atoms with Crippen LogP contribution in [0, 0.1) is 11.3 Å². The third-order valence-corrected chi connectivity index (χ3v) is 6.81. The normalized spacial score (nSPS) is 30.9. The summed E-state index contributed by atoms with van der Waals surface area (Å²) in [6.07, 6.45) is 5.98. The van der Waals surface area contributed by atoms with Crippen LogP contribution in [0.2, 0.25) is 0 Å². The summed E-state index contributed by atoms with van der Waals surface area (Å²) in [7, 11) is 2.07. The number of carbonyl (C=O) groups excluding carboxylic acids is 1. The van der Waals surface area contributed by atoms with Crippen molar-refractivity contribution in [3.05, 3.63) is 59.3 Å². The molecule has 2 aliphatic rings. The van der Waals surface area contributed by atoms with Gasteiger partial charge in [0.2, 0.25) is 0 Å². The molecule has 2 bridgehead atoms. The van der Waals surface area contributed by atoms with E-state index < -0.39 is 5.41 Å². The molecule has 0 saturated heterocycles. The second-order valence-corrected chi connectivity index (χ2v) is 8.34. The largest absolute Gasteiger partial charge is 0.350 e. The van der Waals surface area contributed by atoms with Crippen molar-refractivity contribution in [3.63, 3.8) is 0 Å². The number of allylic oxidation sites excluding steroid dienone is 3. The highest BCUT2D eigenvalue weighted by atomic mass is 35.5. The first-order valence-electron chi connectivity index (χ1n) is 8.37. The van der Waals surface area contributed by atoms with E-state index in [1.165, 1.54) is 16.5 Å². The van der Waals surface area contributed by atoms with E-state index in [1.54, 1.807) is 0 Å². The summed E-state index contributed by atoms with van der Waals surface area (Å²) in [6.45, 7) is 10.3. The number of hydrogen-bond donors (Lipinski definition) is 0. The van der Waals surface area contributed by atoms with Crippen molar-refractivity contribution in [2.75, 3.05) is 0 Å². The summed E-state index contributed by atoms with van der Waals surface area (Å²) in [4.78, 5) is 13.5.